The molecule has 0 aliphatic heterocycles. The van der Waals surface area contributed by atoms with E-state index >= 15 is 0 Å². The number of ether oxygens (including phenoxy) is 1. The molecular weight excluding hydrogens is 262 g/mol. The Balaban J connectivity index is 2.15. The van der Waals surface area contributed by atoms with Gasteiger partial charge in [-0.15, -0.1) is 0 Å². The van der Waals surface area contributed by atoms with E-state index in [1.807, 2.05) is 18.2 Å². The van der Waals surface area contributed by atoms with E-state index in [4.69, 9.17) is 4.74 Å². The number of para-hydroxylation sites is 1. The third kappa shape index (κ3) is 4.26. The van der Waals surface area contributed by atoms with Crippen LogP contribution in [0.1, 0.15) is 38.8 Å². The van der Waals surface area contributed by atoms with Crippen molar-refractivity contribution in [2.45, 2.75) is 39.7 Å². The van der Waals surface area contributed by atoms with Crippen molar-refractivity contribution in [2.24, 2.45) is 0 Å². The van der Waals surface area contributed by atoms with Crippen molar-refractivity contribution in [2.75, 3.05) is 6.54 Å². The van der Waals surface area contributed by atoms with Gasteiger partial charge in [-0.3, -0.25) is 0 Å². The first kappa shape index (κ1) is 15.4. The van der Waals surface area contributed by atoms with E-state index in [1.165, 1.54) is 0 Å². The number of nitrogens with zero attached hydrogens (tertiary/aromatic N) is 2. The van der Waals surface area contributed by atoms with Crippen LogP contribution in [0.4, 0.5) is 0 Å². The number of hydrogen-bond acceptors (Lipinski definition) is 4. The molecule has 1 aromatic heterocycles. The second kappa shape index (κ2) is 6.68. The summed E-state index contributed by atoms with van der Waals surface area (Å²) in [6.45, 7) is 10.3. The van der Waals surface area contributed by atoms with Crippen LogP contribution < -0.4 is 10.1 Å². The Morgan fingerprint density at radius 2 is 1.76 bits per heavy atom. The molecule has 1 aromatic carbocycles. The molecule has 0 atom stereocenters. The highest BCUT2D eigenvalue weighted by molar-refractivity contribution is 5.39. The molecule has 0 amide bonds. The summed E-state index contributed by atoms with van der Waals surface area (Å²) in [7, 11) is 0. The van der Waals surface area contributed by atoms with E-state index in [2.05, 4.69) is 49.0 Å². The summed E-state index contributed by atoms with van der Waals surface area (Å²) in [4.78, 5) is 8.55. The lowest BCUT2D eigenvalue weighted by Crippen LogP contribution is -2.13. The average molecular weight is 285 g/mol. The van der Waals surface area contributed by atoms with Gasteiger partial charge in [0.1, 0.15) is 5.75 Å². The summed E-state index contributed by atoms with van der Waals surface area (Å²) in [5.74, 6) is 0.810. The van der Waals surface area contributed by atoms with Crippen LogP contribution in [0.5, 0.6) is 11.8 Å². The van der Waals surface area contributed by atoms with Gasteiger partial charge >= 0.3 is 6.01 Å². The Bertz CT molecular complexity index is 573. The first-order chi connectivity index (χ1) is 10.0. The van der Waals surface area contributed by atoms with E-state index in [-0.39, 0.29) is 5.41 Å². The molecule has 0 aliphatic carbocycles. The monoisotopic (exact) mass is 285 g/mol. The molecule has 0 bridgehead atoms. The molecule has 21 heavy (non-hydrogen) atoms. The highest BCUT2D eigenvalue weighted by Gasteiger charge is 2.19. The fourth-order valence-electron chi connectivity index (χ4n) is 2.03. The van der Waals surface area contributed by atoms with E-state index in [9.17, 15) is 0 Å². The smallest absolute Gasteiger partial charge is 0.321 e. The zero-order chi connectivity index (χ0) is 15.3. The van der Waals surface area contributed by atoms with Gasteiger partial charge in [0, 0.05) is 30.1 Å². The van der Waals surface area contributed by atoms with Gasteiger partial charge in [-0.1, -0.05) is 45.9 Å². The minimum absolute atomic E-state index is 0.0155. The van der Waals surface area contributed by atoms with Crippen LogP contribution in [-0.4, -0.2) is 16.5 Å². The molecule has 4 heteroatoms. The molecule has 4 nitrogen and oxygen atoms in total. The van der Waals surface area contributed by atoms with Crippen LogP contribution in [-0.2, 0) is 12.0 Å². The third-order valence-corrected chi connectivity index (χ3v) is 3.16. The molecule has 0 radical (unpaired) electrons. The van der Waals surface area contributed by atoms with Crippen molar-refractivity contribution >= 4 is 0 Å². The Labute approximate surface area is 126 Å². The highest BCUT2D eigenvalue weighted by atomic mass is 16.5. The van der Waals surface area contributed by atoms with E-state index in [0.717, 1.165) is 30.0 Å². The van der Waals surface area contributed by atoms with E-state index in [0.29, 0.717) is 6.01 Å². The van der Waals surface area contributed by atoms with Gasteiger partial charge in [-0.25, -0.2) is 9.97 Å². The summed E-state index contributed by atoms with van der Waals surface area (Å²) in [6, 6.07) is 8.40. The Morgan fingerprint density at radius 3 is 2.38 bits per heavy atom. The maximum Gasteiger partial charge on any atom is 0.321 e. The Hall–Kier alpha value is -1.94. The fraction of sp³-hybridized carbons (Fsp3) is 0.412. The van der Waals surface area contributed by atoms with Gasteiger partial charge in [0.15, 0.2) is 0 Å². The van der Waals surface area contributed by atoms with Gasteiger partial charge in [-0.2, -0.15) is 0 Å². The first-order valence-electron chi connectivity index (χ1n) is 7.29. The lowest BCUT2D eigenvalue weighted by atomic mass is 9.86. The third-order valence-electron chi connectivity index (χ3n) is 3.16. The quantitative estimate of drug-likeness (QED) is 0.910. The summed E-state index contributed by atoms with van der Waals surface area (Å²) in [6.07, 6.45) is 3.59. The molecule has 0 spiro atoms. The van der Waals surface area contributed by atoms with Crippen molar-refractivity contribution in [3.05, 3.63) is 47.8 Å². The molecule has 0 unspecified atom stereocenters. The van der Waals surface area contributed by atoms with Crippen LogP contribution in [0.15, 0.2) is 36.7 Å². The van der Waals surface area contributed by atoms with Crippen molar-refractivity contribution in [3.63, 3.8) is 0 Å². The zero-order valence-corrected chi connectivity index (χ0v) is 13.2. The Morgan fingerprint density at radius 1 is 1.10 bits per heavy atom. The molecule has 0 fully saturated rings. The molecular formula is C17H23N3O. The van der Waals surface area contributed by atoms with Crippen LogP contribution in [0.25, 0.3) is 0 Å². The maximum atomic E-state index is 5.85. The summed E-state index contributed by atoms with van der Waals surface area (Å²) in [5, 5.41) is 3.24. The predicted molar refractivity (Wildman–Crippen MR) is 84.6 cm³/mol. The predicted octanol–water partition coefficient (Wildman–Crippen LogP) is 3.68. The minimum atomic E-state index is 0.0155. The largest absolute Gasteiger partial charge is 0.424 e. The number of rotatable bonds is 5. The van der Waals surface area contributed by atoms with Crippen molar-refractivity contribution < 1.29 is 4.74 Å². The molecule has 2 aromatic rings. The summed E-state index contributed by atoms with van der Waals surface area (Å²) < 4.78 is 5.85. The van der Waals surface area contributed by atoms with Crippen molar-refractivity contribution in [3.8, 4) is 11.8 Å². The molecule has 0 aliphatic rings. The van der Waals surface area contributed by atoms with Gasteiger partial charge in [0.05, 0.1) is 0 Å². The number of aromatic nitrogens is 2. The zero-order valence-electron chi connectivity index (χ0n) is 13.2. The van der Waals surface area contributed by atoms with Gasteiger partial charge in [0.2, 0.25) is 0 Å². The normalized spacial score (nSPS) is 11.4. The van der Waals surface area contributed by atoms with Crippen molar-refractivity contribution in [1.82, 2.24) is 15.3 Å². The maximum absolute atomic E-state index is 5.85. The standard InChI is InChI=1S/C17H23N3O/c1-5-18-10-13-11-19-16(20-12-13)21-15-9-7-6-8-14(15)17(2,3)4/h6-9,11-12,18H,5,10H2,1-4H3. The lowest BCUT2D eigenvalue weighted by molar-refractivity contribution is 0.421. The van der Waals surface area contributed by atoms with Crippen molar-refractivity contribution in [1.29, 1.82) is 0 Å². The van der Waals surface area contributed by atoms with Crippen LogP contribution in [0.3, 0.4) is 0 Å². The van der Waals surface area contributed by atoms with Gasteiger partial charge < -0.3 is 10.1 Å². The van der Waals surface area contributed by atoms with Crippen LogP contribution in [0.2, 0.25) is 0 Å². The molecule has 112 valence electrons. The molecule has 1 N–H and O–H groups in total. The van der Waals surface area contributed by atoms with Gasteiger partial charge in [0.25, 0.3) is 0 Å². The summed E-state index contributed by atoms with van der Waals surface area (Å²) >= 11 is 0. The highest BCUT2D eigenvalue weighted by Crippen LogP contribution is 2.32. The molecule has 1 heterocycles. The number of nitrogens with one attached hydrogen (secondary N) is 1. The molecule has 0 saturated carbocycles. The van der Waals surface area contributed by atoms with E-state index < -0.39 is 0 Å². The van der Waals surface area contributed by atoms with Crippen LogP contribution >= 0.6 is 0 Å². The second-order valence-electron chi connectivity index (χ2n) is 6.00. The fourth-order valence-corrected chi connectivity index (χ4v) is 2.03. The molecule has 0 saturated heterocycles. The Kier molecular flexibility index (Phi) is 4.91. The van der Waals surface area contributed by atoms with Gasteiger partial charge in [-0.05, 0) is 18.0 Å². The lowest BCUT2D eigenvalue weighted by Gasteiger charge is -2.21. The molecule has 2 rings (SSSR count). The number of hydrogen-bond donors (Lipinski definition) is 1. The van der Waals surface area contributed by atoms with Crippen LogP contribution in [0, 0.1) is 0 Å². The SMILES string of the molecule is CCNCc1cnc(Oc2ccccc2C(C)(C)C)nc1. The first-order valence-corrected chi connectivity index (χ1v) is 7.29. The minimum Gasteiger partial charge on any atom is -0.424 e. The second-order valence-corrected chi connectivity index (χ2v) is 6.00. The van der Waals surface area contributed by atoms with E-state index in [1.54, 1.807) is 12.4 Å². The average Bonchev–Trinajstić information content (AvgIpc) is 2.46. The summed E-state index contributed by atoms with van der Waals surface area (Å²) in [5.41, 5.74) is 2.21. The number of benzene rings is 1. The topological polar surface area (TPSA) is 47.0 Å².